The summed E-state index contributed by atoms with van der Waals surface area (Å²) in [5.41, 5.74) is 0. The lowest BCUT2D eigenvalue weighted by atomic mass is 9.97. The molecule has 1 aromatic rings. The molecule has 1 aliphatic heterocycles. The van der Waals surface area contributed by atoms with Crippen LogP contribution >= 0.6 is 11.6 Å². The molecule has 1 saturated heterocycles. The number of anilines is 1. The van der Waals surface area contributed by atoms with E-state index >= 15 is 0 Å². The molecule has 19 heavy (non-hydrogen) atoms. The molecule has 0 unspecified atom stereocenters. The van der Waals surface area contributed by atoms with Crippen LogP contribution < -0.4 is 9.64 Å². The molecule has 0 spiro atoms. The smallest absolute Gasteiger partial charge is 0.322 e. The predicted molar refractivity (Wildman–Crippen MR) is 74.9 cm³/mol. The highest BCUT2D eigenvalue weighted by molar-refractivity contribution is 6.28. The van der Waals surface area contributed by atoms with Gasteiger partial charge in [0.25, 0.3) is 0 Å². The van der Waals surface area contributed by atoms with E-state index in [0.29, 0.717) is 5.95 Å². The van der Waals surface area contributed by atoms with Crippen LogP contribution in [0, 0.1) is 5.92 Å². The lowest BCUT2D eigenvalue weighted by Crippen LogP contribution is -2.38. The zero-order valence-electron chi connectivity index (χ0n) is 11.6. The minimum Gasteiger partial charge on any atom is -0.467 e. The van der Waals surface area contributed by atoms with Crippen LogP contribution in [0.5, 0.6) is 6.01 Å². The summed E-state index contributed by atoms with van der Waals surface area (Å²) < 4.78 is 5.02. The average molecular weight is 286 g/mol. The topological polar surface area (TPSA) is 54.4 Å². The average Bonchev–Trinajstić information content (AvgIpc) is 2.38. The quantitative estimate of drug-likeness (QED) is 0.831. The fraction of sp³-hybridized carbons (Fsp3) is 0.750. The van der Waals surface area contributed by atoms with Gasteiger partial charge in [0.05, 0.1) is 7.11 Å². The summed E-state index contributed by atoms with van der Waals surface area (Å²) in [5.74, 6) is 1.35. The van der Waals surface area contributed by atoms with Gasteiger partial charge in [-0.25, -0.2) is 0 Å². The lowest BCUT2D eigenvalue weighted by molar-refractivity contribution is 0.283. The highest BCUT2D eigenvalue weighted by Gasteiger charge is 2.22. The third-order valence-electron chi connectivity index (χ3n) is 3.28. The molecule has 106 valence electrons. The number of aromatic nitrogens is 3. The predicted octanol–water partition coefficient (Wildman–Crippen LogP) is 1.31. The van der Waals surface area contributed by atoms with Gasteiger partial charge in [0.1, 0.15) is 0 Å². The molecule has 0 aromatic carbocycles. The molecular formula is C12H20ClN5O. The van der Waals surface area contributed by atoms with Gasteiger partial charge in [0.2, 0.25) is 11.2 Å². The SMILES string of the molecule is COc1nc(Cl)nc(N2CCC(CN(C)C)CC2)n1. The Hall–Kier alpha value is -1.14. The molecule has 0 amide bonds. The van der Waals surface area contributed by atoms with Gasteiger partial charge < -0.3 is 14.5 Å². The minimum atomic E-state index is 0.178. The second-order valence-corrected chi connectivity index (χ2v) is 5.42. The summed E-state index contributed by atoms with van der Waals surface area (Å²) >= 11 is 5.87. The zero-order valence-corrected chi connectivity index (χ0v) is 12.4. The van der Waals surface area contributed by atoms with Gasteiger partial charge in [-0.15, -0.1) is 0 Å². The van der Waals surface area contributed by atoms with Crippen LogP contribution in [0.15, 0.2) is 0 Å². The Labute approximate surface area is 118 Å². The third-order valence-corrected chi connectivity index (χ3v) is 3.45. The van der Waals surface area contributed by atoms with E-state index in [1.807, 2.05) is 0 Å². The monoisotopic (exact) mass is 285 g/mol. The van der Waals surface area contributed by atoms with Gasteiger partial charge in [0, 0.05) is 19.6 Å². The number of methoxy groups -OCH3 is 1. The molecule has 0 bridgehead atoms. The minimum absolute atomic E-state index is 0.178. The van der Waals surface area contributed by atoms with Gasteiger partial charge in [0.15, 0.2) is 0 Å². The van der Waals surface area contributed by atoms with E-state index in [1.165, 1.54) is 7.11 Å². The standard InChI is InChI=1S/C12H20ClN5O/c1-17(2)8-9-4-6-18(7-5-9)11-14-10(13)15-12(16-11)19-3/h9H,4-8H2,1-3H3. The van der Waals surface area contributed by atoms with Crippen molar-refractivity contribution in [3.8, 4) is 6.01 Å². The molecule has 1 fully saturated rings. The van der Waals surface area contributed by atoms with Crippen molar-refractivity contribution in [2.75, 3.05) is 45.7 Å². The van der Waals surface area contributed by atoms with Crippen LogP contribution in [0.4, 0.5) is 5.95 Å². The molecule has 0 aliphatic carbocycles. The first-order valence-corrected chi connectivity index (χ1v) is 6.81. The molecule has 6 nitrogen and oxygen atoms in total. The fourth-order valence-corrected chi connectivity index (χ4v) is 2.53. The summed E-state index contributed by atoms with van der Waals surface area (Å²) in [6.07, 6.45) is 2.29. The fourth-order valence-electron chi connectivity index (χ4n) is 2.39. The lowest BCUT2D eigenvalue weighted by Gasteiger charge is -2.33. The number of ether oxygens (including phenoxy) is 1. The van der Waals surface area contributed by atoms with Crippen molar-refractivity contribution < 1.29 is 4.74 Å². The number of hydrogen-bond acceptors (Lipinski definition) is 6. The first-order chi connectivity index (χ1) is 9.08. The maximum Gasteiger partial charge on any atom is 0.322 e. The summed E-state index contributed by atoms with van der Waals surface area (Å²) in [6, 6.07) is 0.269. The molecular weight excluding hydrogens is 266 g/mol. The maximum absolute atomic E-state index is 5.87. The molecule has 0 radical (unpaired) electrons. The highest BCUT2D eigenvalue weighted by atomic mass is 35.5. The number of piperidine rings is 1. The van der Waals surface area contributed by atoms with Crippen molar-refractivity contribution in [1.82, 2.24) is 19.9 Å². The summed E-state index contributed by atoms with van der Waals surface area (Å²) in [4.78, 5) is 16.7. The molecule has 0 N–H and O–H groups in total. The molecule has 2 rings (SSSR count). The van der Waals surface area contributed by atoms with Crippen LogP contribution in [0.2, 0.25) is 5.28 Å². The van der Waals surface area contributed by atoms with Crippen molar-refractivity contribution in [3.63, 3.8) is 0 Å². The Balaban J connectivity index is 1.99. The Morgan fingerprint density at radius 2 is 1.95 bits per heavy atom. The van der Waals surface area contributed by atoms with E-state index in [1.54, 1.807) is 0 Å². The number of rotatable bonds is 4. The molecule has 0 atom stereocenters. The third kappa shape index (κ3) is 3.91. The second-order valence-electron chi connectivity index (χ2n) is 5.08. The first-order valence-electron chi connectivity index (χ1n) is 6.43. The largest absolute Gasteiger partial charge is 0.467 e. The number of halogens is 1. The summed E-state index contributed by atoms with van der Waals surface area (Å²) in [6.45, 7) is 3.03. The van der Waals surface area contributed by atoms with E-state index in [9.17, 15) is 0 Å². The normalized spacial score (nSPS) is 17.0. The van der Waals surface area contributed by atoms with Crippen LogP contribution in [-0.4, -0.2) is 60.7 Å². The zero-order chi connectivity index (χ0) is 13.8. The van der Waals surface area contributed by atoms with Crippen LogP contribution in [0.1, 0.15) is 12.8 Å². The van der Waals surface area contributed by atoms with Gasteiger partial charge in [-0.1, -0.05) is 0 Å². The van der Waals surface area contributed by atoms with Crippen molar-refractivity contribution in [2.45, 2.75) is 12.8 Å². The van der Waals surface area contributed by atoms with E-state index in [2.05, 4.69) is 38.8 Å². The van der Waals surface area contributed by atoms with Crippen molar-refractivity contribution in [2.24, 2.45) is 5.92 Å². The molecule has 0 saturated carbocycles. The Morgan fingerprint density at radius 3 is 2.53 bits per heavy atom. The van der Waals surface area contributed by atoms with Crippen molar-refractivity contribution >= 4 is 17.5 Å². The Kier molecular flexibility index (Phi) is 4.76. The van der Waals surface area contributed by atoms with Gasteiger partial charge in [-0.2, -0.15) is 15.0 Å². The Morgan fingerprint density at radius 1 is 1.26 bits per heavy atom. The van der Waals surface area contributed by atoms with E-state index in [0.717, 1.165) is 38.4 Å². The van der Waals surface area contributed by atoms with E-state index < -0.39 is 0 Å². The second kappa shape index (κ2) is 6.34. The molecule has 1 aliphatic rings. The summed E-state index contributed by atoms with van der Waals surface area (Å²) in [5, 5.41) is 0.178. The van der Waals surface area contributed by atoms with Crippen molar-refractivity contribution in [1.29, 1.82) is 0 Å². The van der Waals surface area contributed by atoms with E-state index in [-0.39, 0.29) is 11.3 Å². The van der Waals surface area contributed by atoms with Gasteiger partial charge in [-0.3, -0.25) is 0 Å². The van der Waals surface area contributed by atoms with Gasteiger partial charge >= 0.3 is 6.01 Å². The van der Waals surface area contributed by atoms with Gasteiger partial charge in [-0.05, 0) is 44.5 Å². The van der Waals surface area contributed by atoms with Crippen LogP contribution in [0.25, 0.3) is 0 Å². The Bertz CT molecular complexity index is 421. The van der Waals surface area contributed by atoms with E-state index in [4.69, 9.17) is 16.3 Å². The van der Waals surface area contributed by atoms with Crippen LogP contribution in [-0.2, 0) is 0 Å². The molecule has 7 heteroatoms. The molecule has 1 aromatic heterocycles. The highest BCUT2D eigenvalue weighted by Crippen LogP contribution is 2.22. The molecule has 2 heterocycles. The number of nitrogens with zero attached hydrogens (tertiary/aromatic N) is 5. The first kappa shape index (κ1) is 14.3. The summed E-state index contributed by atoms with van der Waals surface area (Å²) in [7, 11) is 5.75. The maximum atomic E-state index is 5.87. The van der Waals surface area contributed by atoms with Crippen molar-refractivity contribution in [3.05, 3.63) is 5.28 Å². The van der Waals surface area contributed by atoms with Crippen LogP contribution in [0.3, 0.4) is 0 Å². The number of hydrogen-bond donors (Lipinski definition) is 0.